The van der Waals surface area contributed by atoms with E-state index in [1.807, 2.05) is 6.07 Å². The van der Waals surface area contributed by atoms with Gasteiger partial charge in [-0.05, 0) is 37.3 Å². The summed E-state index contributed by atoms with van der Waals surface area (Å²) < 4.78 is 9.99. The van der Waals surface area contributed by atoms with Gasteiger partial charge in [0, 0.05) is 5.39 Å². The van der Waals surface area contributed by atoms with Crippen LogP contribution in [0.15, 0.2) is 34.9 Å². The number of benzene rings is 1. The molecule has 3 nitrogen and oxygen atoms in total. The lowest BCUT2D eigenvalue weighted by molar-refractivity contribution is 0.269. The number of fused-ring (bicyclic) bond motifs is 1. The summed E-state index contributed by atoms with van der Waals surface area (Å²) in [6, 6.07) is 8.18. The molecule has 0 aliphatic heterocycles. The molecule has 3 heteroatoms. The van der Waals surface area contributed by atoms with E-state index in [4.69, 9.17) is 4.42 Å². The highest BCUT2D eigenvalue weighted by atomic mass is 16.5. The second-order valence-electron chi connectivity index (χ2n) is 4.00. The molecule has 17 heavy (non-hydrogen) atoms. The van der Waals surface area contributed by atoms with Gasteiger partial charge in [-0.15, -0.1) is 0 Å². The molecule has 0 aliphatic rings. The Balaban J connectivity index is 1.82. The van der Waals surface area contributed by atoms with Gasteiger partial charge in [-0.25, -0.2) is 4.79 Å². The molecule has 2 rings (SSSR count). The Morgan fingerprint density at radius 1 is 1.18 bits per heavy atom. The SMILES string of the molecule is O=[C]OCCCCCc1cccc2ccoc12. The maximum atomic E-state index is 9.82. The van der Waals surface area contributed by atoms with Crippen molar-refractivity contribution in [3.05, 3.63) is 36.1 Å². The van der Waals surface area contributed by atoms with Crippen molar-refractivity contribution >= 4 is 17.4 Å². The van der Waals surface area contributed by atoms with E-state index in [-0.39, 0.29) is 0 Å². The van der Waals surface area contributed by atoms with Crippen molar-refractivity contribution in [3.63, 3.8) is 0 Å². The van der Waals surface area contributed by atoms with Crippen LogP contribution in [0.1, 0.15) is 24.8 Å². The maximum absolute atomic E-state index is 9.82. The molecule has 0 saturated carbocycles. The van der Waals surface area contributed by atoms with Crippen LogP contribution in [0.5, 0.6) is 0 Å². The highest BCUT2D eigenvalue weighted by Gasteiger charge is 2.03. The Morgan fingerprint density at radius 3 is 3.00 bits per heavy atom. The summed E-state index contributed by atoms with van der Waals surface area (Å²) in [6.45, 7) is 1.90. The van der Waals surface area contributed by atoms with Gasteiger partial charge in [-0.2, -0.15) is 0 Å². The monoisotopic (exact) mass is 231 g/mol. The van der Waals surface area contributed by atoms with Crippen molar-refractivity contribution in [3.8, 4) is 0 Å². The normalized spacial score (nSPS) is 10.6. The van der Waals surface area contributed by atoms with Gasteiger partial charge < -0.3 is 9.15 Å². The molecule has 0 amide bonds. The summed E-state index contributed by atoms with van der Waals surface area (Å²) in [4.78, 5) is 9.82. The molecule has 89 valence electrons. The van der Waals surface area contributed by atoms with Crippen molar-refractivity contribution in [1.82, 2.24) is 0 Å². The van der Waals surface area contributed by atoms with E-state index in [9.17, 15) is 4.79 Å². The third-order valence-electron chi connectivity index (χ3n) is 2.81. The summed E-state index contributed by atoms with van der Waals surface area (Å²) in [5.74, 6) is 0. The molecule has 0 atom stereocenters. The molecule has 1 heterocycles. The molecule has 2 aromatic rings. The van der Waals surface area contributed by atoms with E-state index >= 15 is 0 Å². The predicted octanol–water partition coefficient (Wildman–Crippen LogP) is 3.23. The number of rotatable bonds is 7. The minimum absolute atomic E-state index is 0.467. The minimum atomic E-state index is 0.467. The van der Waals surface area contributed by atoms with Crippen molar-refractivity contribution in [2.24, 2.45) is 0 Å². The number of hydrogen-bond donors (Lipinski definition) is 0. The second kappa shape index (κ2) is 6.09. The van der Waals surface area contributed by atoms with Gasteiger partial charge in [-0.3, -0.25) is 0 Å². The molecule has 0 N–H and O–H groups in total. The smallest absolute Gasteiger partial charge is 0.417 e. The van der Waals surface area contributed by atoms with Gasteiger partial charge in [0.05, 0.1) is 12.9 Å². The fourth-order valence-corrected chi connectivity index (χ4v) is 1.96. The number of ether oxygens (including phenoxy) is 1. The van der Waals surface area contributed by atoms with Crippen LogP contribution in [0.3, 0.4) is 0 Å². The van der Waals surface area contributed by atoms with Gasteiger partial charge in [0.1, 0.15) is 5.58 Å². The van der Waals surface area contributed by atoms with E-state index in [0.717, 1.165) is 36.7 Å². The average Bonchev–Trinajstić information content (AvgIpc) is 2.82. The Labute approximate surface area is 100 Å². The first-order chi connectivity index (χ1) is 8.42. The fourth-order valence-electron chi connectivity index (χ4n) is 1.96. The van der Waals surface area contributed by atoms with Crippen molar-refractivity contribution in [1.29, 1.82) is 0 Å². The second-order valence-corrected chi connectivity index (χ2v) is 4.00. The first-order valence-corrected chi connectivity index (χ1v) is 5.86. The molecule has 0 unspecified atom stereocenters. The zero-order valence-electron chi connectivity index (χ0n) is 9.65. The summed E-state index contributed by atoms with van der Waals surface area (Å²) in [7, 11) is 0. The lowest BCUT2D eigenvalue weighted by Crippen LogP contribution is -1.92. The van der Waals surface area contributed by atoms with Crippen LogP contribution in [0.25, 0.3) is 11.0 Å². The van der Waals surface area contributed by atoms with E-state index in [2.05, 4.69) is 22.9 Å². The van der Waals surface area contributed by atoms with Gasteiger partial charge in [-0.1, -0.05) is 18.2 Å². The summed E-state index contributed by atoms with van der Waals surface area (Å²) in [5.41, 5.74) is 2.24. The third-order valence-corrected chi connectivity index (χ3v) is 2.81. The first kappa shape index (κ1) is 11.7. The molecule has 0 spiro atoms. The van der Waals surface area contributed by atoms with Crippen LogP contribution >= 0.6 is 0 Å². The Kier molecular flexibility index (Phi) is 4.19. The number of aryl methyl sites for hydroxylation is 1. The van der Waals surface area contributed by atoms with Gasteiger partial charge >= 0.3 is 6.47 Å². The number of furan rings is 1. The minimum Gasteiger partial charge on any atom is -0.464 e. The van der Waals surface area contributed by atoms with Crippen molar-refractivity contribution in [2.45, 2.75) is 25.7 Å². The number of unbranched alkanes of at least 4 members (excludes halogenated alkanes) is 2. The lowest BCUT2D eigenvalue weighted by Gasteiger charge is -2.02. The first-order valence-electron chi connectivity index (χ1n) is 5.86. The molecule has 1 radical (unpaired) electrons. The maximum Gasteiger partial charge on any atom is 0.417 e. The predicted molar refractivity (Wildman–Crippen MR) is 65.4 cm³/mol. The van der Waals surface area contributed by atoms with E-state index < -0.39 is 0 Å². The molecule has 1 aromatic carbocycles. The highest BCUT2D eigenvalue weighted by Crippen LogP contribution is 2.21. The van der Waals surface area contributed by atoms with Crippen LogP contribution in [0.4, 0.5) is 0 Å². The molecule has 0 saturated heterocycles. The van der Waals surface area contributed by atoms with Gasteiger partial charge in [0.25, 0.3) is 0 Å². The Bertz CT molecular complexity index is 473. The van der Waals surface area contributed by atoms with Crippen LogP contribution in [0, 0.1) is 0 Å². The topological polar surface area (TPSA) is 39.4 Å². The molecular formula is C14H15O3. The van der Waals surface area contributed by atoms with E-state index in [1.165, 1.54) is 12.0 Å². The summed E-state index contributed by atoms with van der Waals surface area (Å²) >= 11 is 0. The van der Waals surface area contributed by atoms with Gasteiger partial charge in [0.2, 0.25) is 0 Å². The Morgan fingerprint density at radius 2 is 2.12 bits per heavy atom. The van der Waals surface area contributed by atoms with E-state index in [0.29, 0.717) is 6.61 Å². The third kappa shape index (κ3) is 3.09. The molecule has 0 aliphatic carbocycles. The van der Waals surface area contributed by atoms with Crippen LogP contribution in [0.2, 0.25) is 0 Å². The molecule has 1 aromatic heterocycles. The largest absolute Gasteiger partial charge is 0.464 e. The van der Waals surface area contributed by atoms with E-state index in [1.54, 1.807) is 6.26 Å². The standard InChI is InChI=1S/C14H15O3/c15-11-16-9-3-1-2-5-12-6-4-7-13-8-10-17-14(12)13/h4,6-8,10H,1-3,5,9H2. The molecule has 0 bridgehead atoms. The number of hydrogen-bond acceptors (Lipinski definition) is 3. The number of para-hydroxylation sites is 1. The van der Waals surface area contributed by atoms with Crippen LogP contribution in [-0.4, -0.2) is 13.1 Å². The highest BCUT2D eigenvalue weighted by molar-refractivity contribution is 5.80. The summed E-state index contributed by atoms with van der Waals surface area (Å²) in [6.07, 6.45) is 5.72. The van der Waals surface area contributed by atoms with Crippen molar-refractivity contribution in [2.75, 3.05) is 6.61 Å². The zero-order chi connectivity index (χ0) is 11.9. The Hall–Kier alpha value is -1.77. The number of carbonyl (C=O) groups excluding carboxylic acids is 1. The quantitative estimate of drug-likeness (QED) is 0.687. The summed E-state index contributed by atoms with van der Waals surface area (Å²) in [5, 5.41) is 1.15. The molecular weight excluding hydrogens is 216 g/mol. The zero-order valence-corrected chi connectivity index (χ0v) is 9.65. The van der Waals surface area contributed by atoms with Gasteiger partial charge in [0.15, 0.2) is 0 Å². The lowest BCUT2D eigenvalue weighted by atomic mass is 10.1. The van der Waals surface area contributed by atoms with Crippen LogP contribution < -0.4 is 0 Å². The fraction of sp³-hybridized carbons (Fsp3) is 0.357. The van der Waals surface area contributed by atoms with Crippen molar-refractivity contribution < 1.29 is 13.9 Å². The molecule has 0 fully saturated rings. The average molecular weight is 231 g/mol. The van der Waals surface area contributed by atoms with Crippen LogP contribution in [-0.2, 0) is 16.0 Å².